The van der Waals surface area contributed by atoms with Crippen LogP contribution in [-0.4, -0.2) is 6.10 Å². The van der Waals surface area contributed by atoms with Crippen molar-refractivity contribution in [2.75, 3.05) is 0 Å². The first kappa shape index (κ1) is 11.5. The van der Waals surface area contributed by atoms with Crippen LogP contribution in [0, 0.1) is 0 Å². The molecule has 0 fully saturated rings. The van der Waals surface area contributed by atoms with Crippen molar-refractivity contribution in [2.24, 2.45) is 5.73 Å². The molecule has 1 aromatic carbocycles. The highest BCUT2D eigenvalue weighted by Crippen LogP contribution is 2.30. The Balaban J connectivity index is 2.19. The number of benzene rings is 1. The molecule has 16 heavy (non-hydrogen) atoms. The lowest BCUT2D eigenvalue weighted by molar-refractivity contribution is 0.228. The Morgan fingerprint density at radius 2 is 2.31 bits per heavy atom. The molecule has 1 aliphatic carbocycles. The molecule has 0 radical (unpaired) electrons. The first-order valence-electron chi connectivity index (χ1n) is 5.62. The zero-order valence-electron chi connectivity index (χ0n) is 9.16. The number of halogens is 1. The minimum Gasteiger partial charge on any atom is -0.484 e. The van der Waals surface area contributed by atoms with Crippen molar-refractivity contribution in [3.05, 3.63) is 40.9 Å². The predicted octanol–water partition coefficient (Wildman–Crippen LogP) is 3.29. The minimum atomic E-state index is 0.138. The lowest BCUT2D eigenvalue weighted by Crippen LogP contribution is -2.17. The van der Waals surface area contributed by atoms with Crippen molar-refractivity contribution < 1.29 is 4.74 Å². The number of rotatable bonds is 3. The van der Waals surface area contributed by atoms with Gasteiger partial charge < -0.3 is 10.5 Å². The van der Waals surface area contributed by atoms with E-state index in [2.05, 4.69) is 12.2 Å². The minimum absolute atomic E-state index is 0.138. The summed E-state index contributed by atoms with van der Waals surface area (Å²) in [5, 5.41) is 0.641. The van der Waals surface area contributed by atoms with Crippen molar-refractivity contribution in [3.63, 3.8) is 0 Å². The summed E-state index contributed by atoms with van der Waals surface area (Å²) in [4.78, 5) is 0. The maximum absolute atomic E-state index is 6.12. The highest BCUT2D eigenvalue weighted by atomic mass is 35.5. The van der Waals surface area contributed by atoms with Gasteiger partial charge in [0.05, 0.1) is 5.02 Å². The summed E-state index contributed by atoms with van der Waals surface area (Å²) in [7, 11) is 0. The van der Waals surface area contributed by atoms with Gasteiger partial charge in [-0.2, -0.15) is 0 Å². The lowest BCUT2D eigenvalue weighted by Gasteiger charge is -2.21. The molecule has 1 unspecified atom stereocenters. The summed E-state index contributed by atoms with van der Waals surface area (Å²) < 4.78 is 5.91. The van der Waals surface area contributed by atoms with Crippen LogP contribution in [0.4, 0.5) is 0 Å². The van der Waals surface area contributed by atoms with Gasteiger partial charge in [-0.05, 0) is 31.4 Å². The molecule has 3 heteroatoms. The summed E-state index contributed by atoms with van der Waals surface area (Å²) >= 11 is 6.12. The maximum Gasteiger partial charge on any atom is 0.143 e. The number of nitrogens with two attached hydrogens (primary N) is 1. The molecular formula is C13H16ClNO. The molecule has 0 bridgehead atoms. The summed E-state index contributed by atoms with van der Waals surface area (Å²) in [6.45, 7) is 0.451. The Morgan fingerprint density at radius 3 is 3.00 bits per heavy atom. The third-order valence-corrected chi connectivity index (χ3v) is 3.05. The Morgan fingerprint density at radius 1 is 1.44 bits per heavy atom. The first-order valence-corrected chi connectivity index (χ1v) is 6.00. The molecule has 2 N–H and O–H groups in total. The number of para-hydroxylation sites is 1. The number of ether oxygens (including phenoxy) is 1. The van der Waals surface area contributed by atoms with Gasteiger partial charge in [-0.15, -0.1) is 0 Å². The van der Waals surface area contributed by atoms with E-state index in [4.69, 9.17) is 22.1 Å². The molecule has 0 spiro atoms. The fraction of sp³-hybridized carbons (Fsp3) is 0.385. The van der Waals surface area contributed by atoms with Crippen molar-refractivity contribution in [2.45, 2.75) is 31.9 Å². The predicted molar refractivity (Wildman–Crippen MR) is 66.8 cm³/mol. The van der Waals surface area contributed by atoms with Crippen LogP contribution in [0.3, 0.4) is 0 Å². The van der Waals surface area contributed by atoms with Crippen LogP contribution < -0.4 is 10.5 Å². The topological polar surface area (TPSA) is 35.2 Å². The second-order valence-corrected chi connectivity index (χ2v) is 4.35. The molecule has 86 valence electrons. The van der Waals surface area contributed by atoms with Crippen LogP contribution in [0.5, 0.6) is 5.75 Å². The number of hydrogen-bond acceptors (Lipinski definition) is 2. The Bertz CT molecular complexity index is 390. The summed E-state index contributed by atoms with van der Waals surface area (Å²) in [6, 6.07) is 5.68. The van der Waals surface area contributed by atoms with E-state index in [-0.39, 0.29) is 6.10 Å². The summed E-state index contributed by atoms with van der Waals surface area (Å²) in [5.74, 6) is 0.739. The fourth-order valence-corrected chi connectivity index (χ4v) is 2.12. The van der Waals surface area contributed by atoms with Crippen molar-refractivity contribution in [3.8, 4) is 5.75 Å². The smallest absolute Gasteiger partial charge is 0.143 e. The van der Waals surface area contributed by atoms with Gasteiger partial charge in [0.25, 0.3) is 0 Å². The molecule has 0 heterocycles. The Labute approximate surface area is 101 Å². The monoisotopic (exact) mass is 237 g/mol. The fourth-order valence-electron chi connectivity index (χ4n) is 1.88. The van der Waals surface area contributed by atoms with Crippen molar-refractivity contribution in [1.29, 1.82) is 0 Å². The molecule has 1 aromatic rings. The zero-order valence-corrected chi connectivity index (χ0v) is 9.91. The molecule has 1 atom stereocenters. The second kappa shape index (κ2) is 5.37. The van der Waals surface area contributed by atoms with Gasteiger partial charge in [0.15, 0.2) is 0 Å². The van der Waals surface area contributed by atoms with E-state index in [1.54, 1.807) is 0 Å². The van der Waals surface area contributed by atoms with Crippen LogP contribution in [0.2, 0.25) is 5.02 Å². The van der Waals surface area contributed by atoms with Crippen molar-refractivity contribution >= 4 is 11.6 Å². The van der Waals surface area contributed by atoms with Gasteiger partial charge in [0.2, 0.25) is 0 Å². The van der Waals surface area contributed by atoms with Crippen LogP contribution >= 0.6 is 11.6 Å². The number of allylic oxidation sites excluding steroid dienone is 1. The largest absolute Gasteiger partial charge is 0.484 e. The van der Waals surface area contributed by atoms with E-state index in [9.17, 15) is 0 Å². The SMILES string of the molecule is NCc1cccc(Cl)c1OC1C=CCCC1. The second-order valence-electron chi connectivity index (χ2n) is 3.95. The molecule has 1 aliphatic rings. The zero-order chi connectivity index (χ0) is 11.4. The van der Waals surface area contributed by atoms with E-state index in [1.165, 1.54) is 6.42 Å². The molecule has 0 amide bonds. The molecule has 0 aromatic heterocycles. The summed E-state index contributed by atoms with van der Waals surface area (Å²) in [6.07, 6.45) is 7.76. The van der Waals surface area contributed by atoms with Gasteiger partial charge in [-0.3, -0.25) is 0 Å². The lowest BCUT2D eigenvalue weighted by atomic mass is 10.1. The molecule has 2 nitrogen and oxygen atoms in total. The van der Waals surface area contributed by atoms with Crippen LogP contribution in [0.1, 0.15) is 24.8 Å². The number of hydrogen-bond donors (Lipinski definition) is 1. The molecule has 2 rings (SSSR count). The average Bonchev–Trinajstić information content (AvgIpc) is 2.33. The van der Waals surface area contributed by atoms with E-state index in [0.717, 1.165) is 24.2 Å². The average molecular weight is 238 g/mol. The van der Waals surface area contributed by atoms with Crippen LogP contribution in [0.25, 0.3) is 0 Å². The van der Waals surface area contributed by atoms with Gasteiger partial charge in [0, 0.05) is 12.1 Å². The third kappa shape index (κ3) is 2.57. The molecule has 0 aliphatic heterocycles. The van der Waals surface area contributed by atoms with Crippen LogP contribution in [0.15, 0.2) is 30.4 Å². The third-order valence-electron chi connectivity index (χ3n) is 2.75. The van der Waals surface area contributed by atoms with Crippen molar-refractivity contribution in [1.82, 2.24) is 0 Å². The van der Waals surface area contributed by atoms with Crippen LogP contribution in [-0.2, 0) is 6.54 Å². The Kier molecular flexibility index (Phi) is 3.86. The maximum atomic E-state index is 6.12. The van der Waals surface area contributed by atoms with Gasteiger partial charge >= 0.3 is 0 Å². The van der Waals surface area contributed by atoms with E-state index in [0.29, 0.717) is 11.6 Å². The van der Waals surface area contributed by atoms with E-state index >= 15 is 0 Å². The molecule has 0 saturated heterocycles. The normalized spacial score (nSPS) is 19.8. The van der Waals surface area contributed by atoms with E-state index < -0.39 is 0 Å². The summed E-state index contributed by atoms with van der Waals surface area (Å²) in [5.41, 5.74) is 6.63. The van der Waals surface area contributed by atoms with Gasteiger partial charge in [-0.1, -0.05) is 29.8 Å². The molecule has 0 saturated carbocycles. The highest BCUT2D eigenvalue weighted by Gasteiger charge is 2.14. The quantitative estimate of drug-likeness (QED) is 0.819. The Hall–Kier alpha value is -0.990. The molecular weight excluding hydrogens is 222 g/mol. The highest BCUT2D eigenvalue weighted by molar-refractivity contribution is 6.32. The first-order chi connectivity index (χ1) is 7.81. The van der Waals surface area contributed by atoms with Gasteiger partial charge in [-0.25, -0.2) is 0 Å². The standard InChI is InChI=1S/C13H16ClNO/c14-12-8-4-5-10(9-15)13(12)16-11-6-2-1-3-7-11/h2,4-6,8,11H,1,3,7,9,15H2. The van der Waals surface area contributed by atoms with E-state index in [1.807, 2.05) is 18.2 Å². The van der Waals surface area contributed by atoms with Gasteiger partial charge in [0.1, 0.15) is 11.9 Å².